The average Bonchev–Trinajstić information content (AvgIpc) is 2.39. The Balaban J connectivity index is 2.08. The number of benzene rings is 1. The number of hydrogen-bond donors (Lipinski definition) is 1. The predicted octanol–water partition coefficient (Wildman–Crippen LogP) is 4.02. The third-order valence-electron chi connectivity index (χ3n) is 3.75. The molecule has 0 fully saturated rings. The van der Waals surface area contributed by atoms with Crippen molar-refractivity contribution in [2.45, 2.75) is 52.0 Å². The maximum atomic E-state index is 3.65. The molecule has 1 aliphatic rings. The number of rotatable bonds is 5. The van der Waals surface area contributed by atoms with Crippen molar-refractivity contribution in [3.05, 3.63) is 47.0 Å². The molecule has 1 unspecified atom stereocenters. The Hall–Kier alpha value is -1.08. The molecule has 1 atom stereocenters. The molecule has 1 heteroatoms. The lowest BCUT2D eigenvalue weighted by atomic mass is 9.90. The molecular formula is C17H25N. The molecule has 0 heterocycles. The van der Waals surface area contributed by atoms with Crippen LogP contribution in [0.4, 0.5) is 0 Å². The Morgan fingerprint density at radius 2 is 2.17 bits per heavy atom. The van der Waals surface area contributed by atoms with E-state index in [1.165, 1.54) is 36.8 Å². The number of likely N-dealkylation sites (N-methyl/N-ethyl adjacent to an activating group) is 1. The van der Waals surface area contributed by atoms with Gasteiger partial charge in [-0.25, -0.2) is 0 Å². The second-order valence-corrected chi connectivity index (χ2v) is 5.33. The van der Waals surface area contributed by atoms with Gasteiger partial charge in [0.15, 0.2) is 0 Å². The van der Waals surface area contributed by atoms with Crippen LogP contribution < -0.4 is 5.32 Å². The molecule has 1 aromatic carbocycles. The van der Waals surface area contributed by atoms with Gasteiger partial charge in [0, 0.05) is 6.04 Å². The van der Waals surface area contributed by atoms with Crippen molar-refractivity contribution in [3.8, 4) is 0 Å². The van der Waals surface area contributed by atoms with Gasteiger partial charge in [0.1, 0.15) is 0 Å². The van der Waals surface area contributed by atoms with Gasteiger partial charge in [-0.1, -0.05) is 48.4 Å². The monoisotopic (exact) mass is 243 g/mol. The zero-order valence-corrected chi connectivity index (χ0v) is 11.7. The van der Waals surface area contributed by atoms with Gasteiger partial charge in [0.25, 0.3) is 0 Å². The lowest BCUT2D eigenvalue weighted by Gasteiger charge is -2.24. The Morgan fingerprint density at radius 1 is 1.28 bits per heavy atom. The fourth-order valence-electron chi connectivity index (χ4n) is 2.84. The summed E-state index contributed by atoms with van der Waals surface area (Å²) < 4.78 is 0. The van der Waals surface area contributed by atoms with Crippen molar-refractivity contribution in [3.63, 3.8) is 0 Å². The average molecular weight is 243 g/mol. The molecule has 1 N–H and O–H groups in total. The second-order valence-electron chi connectivity index (χ2n) is 5.33. The zero-order valence-electron chi connectivity index (χ0n) is 11.7. The lowest BCUT2D eigenvalue weighted by Crippen LogP contribution is -2.33. The summed E-state index contributed by atoms with van der Waals surface area (Å²) in [5, 5.41) is 3.65. The van der Waals surface area contributed by atoms with Crippen LogP contribution in [0.15, 0.2) is 35.9 Å². The first kappa shape index (κ1) is 13.4. The van der Waals surface area contributed by atoms with Gasteiger partial charge >= 0.3 is 0 Å². The summed E-state index contributed by atoms with van der Waals surface area (Å²) in [7, 11) is 0. The molecule has 0 aliphatic heterocycles. The maximum absolute atomic E-state index is 3.65. The SMILES string of the molecule is CCNC(Cc1cccc(C)c1)C1=CCCCC1. The quantitative estimate of drug-likeness (QED) is 0.770. The van der Waals surface area contributed by atoms with Crippen LogP contribution in [0.25, 0.3) is 0 Å². The summed E-state index contributed by atoms with van der Waals surface area (Å²) in [6, 6.07) is 9.44. The van der Waals surface area contributed by atoms with Gasteiger partial charge in [-0.05, 0) is 51.1 Å². The van der Waals surface area contributed by atoms with E-state index >= 15 is 0 Å². The normalized spacial score (nSPS) is 17.3. The molecule has 0 aromatic heterocycles. The summed E-state index contributed by atoms with van der Waals surface area (Å²) in [6.45, 7) is 5.42. The molecule has 0 amide bonds. The first-order chi connectivity index (χ1) is 8.79. The maximum Gasteiger partial charge on any atom is 0.0319 e. The largest absolute Gasteiger partial charge is 0.310 e. The Kier molecular flexibility index (Phi) is 5.00. The van der Waals surface area contributed by atoms with Crippen molar-refractivity contribution in [1.82, 2.24) is 5.32 Å². The van der Waals surface area contributed by atoms with Gasteiger partial charge in [-0.2, -0.15) is 0 Å². The van der Waals surface area contributed by atoms with Gasteiger partial charge < -0.3 is 5.32 Å². The summed E-state index contributed by atoms with van der Waals surface area (Å²) in [5.74, 6) is 0. The van der Waals surface area contributed by atoms with Crippen LogP contribution in [0.3, 0.4) is 0 Å². The van der Waals surface area contributed by atoms with E-state index in [4.69, 9.17) is 0 Å². The third kappa shape index (κ3) is 3.71. The van der Waals surface area contributed by atoms with E-state index in [2.05, 4.69) is 49.5 Å². The van der Waals surface area contributed by atoms with E-state index in [1.54, 1.807) is 5.57 Å². The van der Waals surface area contributed by atoms with Crippen LogP contribution in [-0.4, -0.2) is 12.6 Å². The van der Waals surface area contributed by atoms with Crippen LogP contribution >= 0.6 is 0 Å². The van der Waals surface area contributed by atoms with E-state index in [9.17, 15) is 0 Å². The van der Waals surface area contributed by atoms with E-state index in [1.807, 2.05) is 0 Å². The van der Waals surface area contributed by atoms with Crippen molar-refractivity contribution in [2.75, 3.05) is 6.54 Å². The van der Waals surface area contributed by atoms with Gasteiger partial charge in [0.05, 0.1) is 0 Å². The van der Waals surface area contributed by atoms with Crippen molar-refractivity contribution in [1.29, 1.82) is 0 Å². The summed E-state index contributed by atoms with van der Waals surface area (Å²) in [5.41, 5.74) is 4.44. The Morgan fingerprint density at radius 3 is 2.83 bits per heavy atom. The van der Waals surface area contributed by atoms with Crippen LogP contribution in [0.2, 0.25) is 0 Å². The topological polar surface area (TPSA) is 12.0 Å². The number of allylic oxidation sites excluding steroid dienone is 1. The molecule has 0 saturated carbocycles. The van der Waals surface area contributed by atoms with Gasteiger partial charge in [0.2, 0.25) is 0 Å². The molecular weight excluding hydrogens is 218 g/mol. The van der Waals surface area contributed by atoms with Crippen LogP contribution in [0, 0.1) is 6.92 Å². The van der Waals surface area contributed by atoms with Crippen LogP contribution in [0.1, 0.15) is 43.7 Å². The van der Waals surface area contributed by atoms with Crippen LogP contribution in [0.5, 0.6) is 0 Å². The summed E-state index contributed by atoms with van der Waals surface area (Å²) in [4.78, 5) is 0. The highest BCUT2D eigenvalue weighted by molar-refractivity contribution is 5.26. The van der Waals surface area contributed by atoms with E-state index < -0.39 is 0 Å². The number of nitrogens with one attached hydrogen (secondary N) is 1. The standard InChI is InChI=1S/C17H25N/c1-3-18-17(16-10-5-4-6-11-16)13-15-9-7-8-14(2)12-15/h7-10,12,17-18H,3-6,11,13H2,1-2H3. The number of hydrogen-bond acceptors (Lipinski definition) is 1. The van der Waals surface area contributed by atoms with Gasteiger partial charge in [-0.3, -0.25) is 0 Å². The molecule has 1 aliphatic carbocycles. The lowest BCUT2D eigenvalue weighted by molar-refractivity contribution is 0.541. The van der Waals surface area contributed by atoms with Crippen molar-refractivity contribution in [2.24, 2.45) is 0 Å². The highest BCUT2D eigenvalue weighted by atomic mass is 14.9. The molecule has 0 bridgehead atoms. The third-order valence-corrected chi connectivity index (χ3v) is 3.75. The first-order valence-corrected chi connectivity index (χ1v) is 7.27. The van der Waals surface area contributed by atoms with Crippen LogP contribution in [-0.2, 0) is 6.42 Å². The minimum absolute atomic E-state index is 0.539. The molecule has 1 aromatic rings. The summed E-state index contributed by atoms with van der Waals surface area (Å²) >= 11 is 0. The van der Waals surface area contributed by atoms with Crippen molar-refractivity contribution >= 4 is 0 Å². The molecule has 0 spiro atoms. The Bertz CT molecular complexity index is 406. The highest BCUT2D eigenvalue weighted by Gasteiger charge is 2.15. The van der Waals surface area contributed by atoms with E-state index in [0.29, 0.717) is 6.04 Å². The highest BCUT2D eigenvalue weighted by Crippen LogP contribution is 2.22. The first-order valence-electron chi connectivity index (χ1n) is 7.27. The fraction of sp³-hybridized carbons (Fsp3) is 0.529. The molecule has 1 nitrogen and oxygen atoms in total. The fourth-order valence-corrected chi connectivity index (χ4v) is 2.84. The zero-order chi connectivity index (χ0) is 12.8. The smallest absolute Gasteiger partial charge is 0.0319 e. The van der Waals surface area contributed by atoms with E-state index in [0.717, 1.165) is 13.0 Å². The summed E-state index contributed by atoms with van der Waals surface area (Å²) in [6.07, 6.45) is 8.87. The molecule has 98 valence electrons. The minimum atomic E-state index is 0.539. The predicted molar refractivity (Wildman–Crippen MR) is 78.9 cm³/mol. The molecule has 0 saturated heterocycles. The Labute approximate surface area is 111 Å². The molecule has 0 radical (unpaired) electrons. The van der Waals surface area contributed by atoms with Gasteiger partial charge in [-0.15, -0.1) is 0 Å². The molecule has 2 rings (SSSR count). The minimum Gasteiger partial charge on any atom is -0.310 e. The number of aryl methyl sites for hydroxylation is 1. The second kappa shape index (κ2) is 6.75. The van der Waals surface area contributed by atoms with E-state index in [-0.39, 0.29) is 0 Å². The van der Waals surface area contributed by atoms with Crippen molar-refractivity contribution < 1.29 is 0 Å². The molecule has 18 heavy (non-hydrogen) atoms.